The number of aryl methyl sites for hydroxylation is 1. The summed E-state index contributed by atoms with van der Waals surface area (Å²) in [6, 6.07) is 5.97. The summed E-state index contributed by atoms with van der Waals surface area (Å²) < 4.78 is 20.4. The van der Waals surface area contributed by atoms with Gasteiger partial charge in [0.05, 0.1) is 42.5 Å². The summed E-state index contributed by atoms with van der Waals surface area (Å²) in [5.74, 6) is 0.0684. The average Bonchev–Trinajstić information content (AvgIpc) is 2.91. The molecule has 0 saturated carbocycles. The zero-order valence-electron chi connectivity index (χ0n) is 22.2. The maximum atomic E-state index is 15.1. The number of hydrogen-bond donors (Lipinski definition) is 2. The minimum Gasteiger partial charge on any atom is -0.389 e. The van der Waals surface area contributed by atoms with Gasteiger partial charge in [-0.25, -0.2) is 14.4 Å². The largest absolute Gasteiger partial charge is 0.389 e. The first-order valence-corrected chi connectivity index (χ1v) is 13.4. The molecule has 0 unspecified atom stereocenters. The molecule has 8 nitrogen and oxygen atoms in total. The number of benzene rings is 1. The van der Waals surface area contributed by atoms with Crippen LogP contribution in [0.15, 0.2) is 24.5 Å². The van der Waals surface area contributed by atoms with Gasteiger partial charge in [-0.15, -0.1) is 0 Å². The third-order valence-corrected chi connectivity index (χ3v) is 7.72. The molecule has 200 valence electrons. The number of rotatable bonds is 6. The van der Waals surface area contributed by atoms with E-state index < -0.39 is 11.9 Å². The van der Waals surface area contributed by atoms with E-state index in [4.69, 9.17) is 9.72 Å². The summed E-state index contributed by atoms with van der Waals surface area (Å²) in [5, 5.41) is 23.9. The molecule has 38 heavy (non-hydrogen) atoms. The maximum absolute atomic E-state index is 15.1. The monoisotopic (exact) mass is 518 g/mol. The SMILES string of the molecule is Cc1c(-c2nc(N[C@@H]3CCOC[C@H]3O)ncc2F)ccc2ncc(CN3CCC[C@H](C#N)C3)c(C(C)C)c12. The lowest BCUT2D eigenvalue weighted by Gasteiger charge is -2.30. The van der Waals surface area contributed by atoms with Crippen molar-refractivity contribution in [2.45, 2.75) is 64.6 Å². The van der Waals surface area contributed by atoms with Gasteiger partial charge in [0.25, 0.3) is 0 Å². The molecule has 3 atom stereocenters. The number of halogens is 1. The van der Waals surface area contributed by atoms with E-state index >= 15 is 4.39 Å². The first-order valence-electron chi connectivity index (χ1n) is 13.4. The molecular weight excluding hydrogens is 483 g/mol. The van der Waals surface area contributed by atoms with E-state index in [1.807, 2.05) is 25.3 Å². The second kappa shape index (κ2) is 11.3. The fraction of sp³-hybridized carbons (Fsp3) is 0.517. The normalized spacial score (nSPS) is 22.5. The molecule has 0 spiro atoms. The highest BCUT2D eigenvalue weighted by molar-refractivity contribution is 5.92. The third kappa shape index (κ3) is 5.35. The summed E-state index contributed by atoms with van der Waals surface area (Å²) in [7, 11) is 0. The van der Waals surface area contributed by atoms with E-state index in [1.165, 1.54) is 11.8 Å². The minimum absolute atomic E-state index is 0.0683. The molecule has 1 aromatic carbocycles. The van der Waals surface area contributed by atoms with E-state index in [1.54, 1.807) is 0 Å². The van der Waals surface area contributed by atoms with Crippen LogP contribution in [0.1, 0.15) is 55.7 Å². The average molecular weight is 519 g/mol. The van der Waals surface area contributed by atoms with Gasteiger partial charge in [0, 0.05) is 36.8 Å². The maximum Gasteiger partial charge on any atom is 0.223 e. The van der Waals surface area contributed by atoms with Crippen molar-refractivity contribution in [2.24, 2.45) is 5.92 Å². The third-order valence-electron chi connectivity index (χ3n) is 7.72. The molecular formula is C29H35FN6O2. The van der Waals surface area contributed by atoms with Gasteiger partial charge in [-0.05, 0) is 61.4 Å². The van der Waals surface area contributed by atoms with Gasteiger partial charge < -0.3 is 15.2 Å². The predicted octanol–water partition coefficient (Wildman–Crippen LogP) is 4.56. The summed E-state index contributed by atoms with van der Waals surface area (Å²) in [5.41, 5.74) is 5.04. The van der Waals surface area contributed by atoms with Crippen LogP contribution in [-0.4, -0.2) is 63.4 Å². The zero-order valence-corrected chi connectivity index (χ0v) is 22.2. The summed E-state index contributed by atoms with van der Waals surface area (Å²) in [6.07, 6.45) is 5.05. The van der Waals surface area contributed by atoms with Crippen LogP contribution in [0.25, 0.3) is 22.2 Å². The summed E-state index contributed by atoms with van der Waals surface area (Å²) in [6.45, 7) is 9.60. The van der Waals surface area contributed by atoms with E-state index in [0.717, 1.165) is 54.5 Å². The van der Waals surface area contributed by atoms with E-state index in [-0.39, 0.29) is 36.1 Å². The van der Waals surface area contributed by atoms with Crippen molar-refractivity contribution < 1.29 is 14.2 Å². The van der Waals surface area contributed by atoms with Crippen LogP contribution in [-0.2, 0) is 11.3 Å². The first-order chi connectivity index (χ1) is 18.4. The number of aliphatic hydroxyl groups excluding tert-OH is 1. The Morgan fingerprint density at radius 3 is 2.87 bits per heavy atom. The molecule has 0 bridgehead atoms. The lowest BCUT2D eigenvalue weighted by molar-refractivity contribution is -0.0136. The van der Waals surface area contributed by atoms with Crippen LogP contribution < -0.4 is 5.32 Å². The molecule has 9 heteroatoms. The molecule has 2 aliphatic rings. The molecule has 2 aromatic heterocycles. The number of likely N-dealkylation sites (tertiary alicyclic amines) is 1. The Balaban J connectivity index is 1.53. The summed E-state index contributed by atoms with van der Waals surface area (Å²) >= 11 is 0. The molecule has 2 saturated heterocycles. The second-order valence-corrected chi connectivity index (χ2v) is 10.8. The molecule has 0 aliphatic carbocycles. The van der Waals surface area contributed by atoms with Gasteiger partial charge in [-0.2, -0.15) is 5.26 Å². The number of ether oxygens (including phenoxy) is 1. The van der Waals surface area contributed by atoms with Gasteiger partial charge >= 0.3 is 0 Å². The Labute approximate surface area is 222 Å². The van der Waals surface area contributed by atoms with Gasteiger partial charge in [0.15, 0.2) is 5.82 Å². The Hall–Kier alpha value is -3.19. The van der Waals surface area contributed by atoms with Crippen LogP contribution >= 0.6 is 0 Å². The number of hydrogen-bond acceptors (Lipinski definition) is 8. The second-order valence-electron chi connectivity index (χ2n) is 10.8. The van der Waals surface area contributed by atoms with E-state index in [2.05, 4.69) is 40.1 Å². The quantitative estimate of drug-likeness (QED) is 0.489. The van der Waals surface area contributed by atoms with E-state index in [0.29, 0.717) is 18.6 Å². The molecule has 3 aromatic rings. The Bertz CT molecular complexity index is 1360. The van der Waals surface area contributed by atoms with Crippen molar-refractivity contribution in [3.8, 4) is 17.3 Å². The Kier molecular flexibility index (Phi) is 7.84. The fourth-order valence-corrected chi connectivity index (χ4v) is 5.79. The molecule has 0 amide bonds. The standard InChI is InChI=1S/C29H35FN6O2/c1-17(2)26-20(15-36-9-4-5-19(11-31)14-36)12-32-24-7-6-21(18(3)27(24)26)28-22(30)13-33-29(35-28)34-23-8-10-38-16-25(23)37/h6-7,12-13,17,19,23,25,37H,4-5,8-10,14-16H2,1-3H3,(H,33,34,35)/t19-,23-,25-/m1/s1. The number of aliphatic hydroxyl groups is 1. The number of nitriles is 1. The molecule has 4 heterocycles. The number of fused-ring (bicyclic) bond motifs is 1. The number of anilines is 1. The van der Waals surface area contributed by atoms with Crippen molar-refractivity contribution in [1.82, 2.24) is 19.9 Å². The van der Waals surface area contributed by atoms with Crippen LogP contribution in [0, 0.1) is 30.0 Å². The minimum atomic E-state index is -0.676. The fourth-order valence-electron chi connectivity index (χ4n) is 5.79. The number of pyridine rings is 1. The van der Waals surface area contributed by atoms with E-state index in [9.17, 15) is 10.4 Å². The van der Waals surface area contributed by atoms with Crippen molar-refractivity contribution in [2.75, 3.05) is 31.6 Å². The lowest BCUT2D eigenvalue weighted by Crippen LogP contribution is -2.42. The molecule has 5 rings (SSSR count). The van der Waals surface area contributed by atoms with Gasteiger partial charge in [-0.1, -0.05) is 19.9 Å². The smallest absolute Gasteiger partial charge is 0.223 e. The number of nitrogens with one attached hydrogen (secondary N) is 1. The Morgan fingerprint density at radius 2 is 2.11 bits per heavy atom. The van der Waals surface area contributed by atoms with Gasteiger partial charge in [-0.3, -0.25) is 9.88 Å². The number of piperidine rings is 1. The highest BCUT2D eigenvalue weighted by Gasteiger charge is 2.26. The molecule has 2 aliphatic heterocycles. The molecule has 2 N–H and O–H groups in total. The van der Waals surface area contributed by atoms with Crippen LogP contribution in [0.5, 0.6) is 0 Å². The number of aromatic nitrogens is 3. The highest BCUT2D eigenvalue weighted by Crippen LogP contribution is 2.36. The van der Waals surface area contributed by atoms with Crippen LogP contribution in [0.4, 0.5) is 10.3 Å². The predicted molar refractivity (Wildman–Crippen MR) is 144 cm³/mol. The number of nitrogens with zero attached hydrogens (tertiary/aromatic N) is 5. The van der Waals surface area contributed by atoms with Crippen molar-refractivity contribution >= 4 is 16.9 Å². The van der Waals surface area contributed by atoms with Gasteiger partial charge in [0.1, 0.15) is 5.69 Å². The van der Waals surface area contributed by atoms with Gasteiger partial charge in [0.2, 0.25) is 5.95 Å². The topological polar surface area (TPSA) is 107 Å². The molecule has 2 fully saturated rings. The highest BCUT2D eigenvalue weighted by atomic mass is 19.1. The lowest BCUT2D eigenvalue weighted by atomic mass is 9.88. The molecule has 0 radical (unpaired) electrons. The van der Waals surface area contributed by atoms with Crippen LogP contribution in [0.3, 0.4) is 0 Å². The van der Waals surface area contributed by atoms with Crippen molar-refractivity contribution in [3.63, 3.8) is 0 Å². The zero-order chi connectivity index (χ0) is 26.8. The van der Waals surface area contributed by atoms with Crippen LogP contribution in [0.2, 0.25) is 0 Å². The summed E-state index contributed by atoms with van der Waals surface area (Å²) in [4.78, 5) is 15.8. The van der Waals surface area contributed by atoms with Crippen molar-refractivity contribution in [1.29, 1.82) is 5.26 Å². The van der Waals surface area contributed by atoms with Crippen molar-refractivity contribution in [3.05, 3.63) is 47.0 Å². The Morgan fingerprint density at radius 1 is 1.26 bits per heavy atom. The first kappa shape index (κ1) is 26.4.